The molecule has 1 aromatic rings. The highest BCUT2D eigenvalue weighted by molar-refractivity contribution is 6.31. The number of hydrogen-bond acceptors (Lipinski definition) is 2. The molecule has 0 aliphatic carbocycles. The number of benzene rings is 1. The maximum atomic E-state index is 12.7. The summed E-state index contributed by atoms with van der Waals surface area (Å²) in [4.78, 5) is 11.9. The highest BCUT2D eigenvalue weighted by atomic mass is 35.5. The van der Waals surface area contributed by atoms with E-state index >= 15 is 0 Å². The van der Waals surface area contributed by atoms with Gasteiger partial charge < -0.3 is 10.6 Å². The van der Waals surface area contributed by atoms with Gasteiger partial charge in [-0.3, -0.25) is 4.79 Å². The summed E-state index contributed by atoms with van der Waals surface area (Å²) in [7, 11) is 0. The van der Waals surface area contributed by atoms with Gasteiger partial charge in [-0.1, -0.05) is 18.0 Å². The fraction of sp³-hybridized carbons (Fsp3) is 0.462. The van der Waals surface area contributed by atoms with Crippen molar-refractivity contribution in [1.82, 2.24) is 5.32 Å². The highest BCUT2D eigenvalue weighted by Gasteiger charge is 2.33. The first kappa shape index (κ1) is 18.1. The molecule has 1 heterocycles. The van der Waals surface area contributed by atoms with Crippen LogP contribution in [0.5, 0.6) is 0 Å². The molecule has 118 valence electrons. The Labute approximate surface area is 131 Å². The second kappa shape index (κ2) is 7.33. The Morgan fingerprint density at radius 1 is 1.33 bits per heavy atom. The normalized spacial score (nSPS) is 18.8. The average Bonchev–Trinajstić information content (AvgIpc) is 2.40. The van der Waals surface area contributed by atoms with Crippen molar-refractivity contribution < 1.29 is 18.0 Å². The molecule has 1 atom stereocenters. The van der Waals surface area contributed by atoms with E-state index in [2.05, 4.69) is 10.6 Å². The smallest absolute Gasteiger partial charge is 0.325 e. The van der Waals surface area contributed by atoms with E-state index in [1.54, 1.807) is 0 Å². The van der Waals surface area contributed by atoms with Gasteiger partial charge in [-0.05, 0) is 37.6 Å². The fourth-order valence-electron chi connectivity index (χ4n) is 2.13. The Morgan fingerprint density at radius 2 is 2.05 bits per heavy atom. The quantitative estimate of drug-likeness (QED) is 0.856. The zero-order valence-corrected chi connectivity index (χ0v) is 12.5. The molecule has 1 aliphatic heterocycles. The number of amides is 1. The van der Waals surface area contributed by atoms with E-state index in [9.17, 15) is 18.0 Å². The molecule has 3 nitrogen and oxygen atoms in total. The van der Waals surface area contributed by atoms with E-state index < -0.39 is 11.7 Å². The summed E-state index contributed by atoms with van der Waals surface area (Å²) >= 11 is 5.52. The molecule has 2 rings (SSSR count). The molecular formula is C13H15Cl2F3N2O. The second-order valence-electron chi connectivity index (χ2n) is 4.68. The van der Waals surface area contributed by atoms with Crippen molar-refractivity contribution >= 4 is 35.6 Å². The molecule has 21 heavy (non-hydrogen) atoms. The molecule has 1 amide bonds. The van der Waals surface area contributed by atoms with Crippen LogP contribution in [0.15, 0.2) is 18.2 Å². The first-order valence-electron chi connectivity index (χ1n) is 6.29. The zero-order chi connectivity index (χ0) is 14.8. The van der Waals surface area contributed by atoms with Gasteiger partial charge in [0.1, 0.15) is 0 Å². The Hall–Kier alpha value is -0.980. The van der Waals surface area contributed by atoms with Crippen molar-refractivity contribution in [3.05, 3.63) is 28.8 Å². The van der Waals surface area contributed by atoms with Crippen LogP contribution in [-0.4, -0.2) is 18.5 Å². The Bertz CT molecular complexity index is 503. The number of anilines is 1. The Kier molecular flexibility index (Phi) is 6.31. The molecule has 0 saturated carbocycles. The number of halogens is 5. The summed E-state index contributed by atoms with van der Waals surface area (Å²) in [6, 6.07) is 2.99. The average molecular weight is 343 g/mol. The summed E-state index contributed by atoms with van der Waals surface area (Å²) in [5, 5.41) is 5.14. The standard InChI is InChI=1S/C13H14ClF3N2O.ClH/c14-10-5-4-8(7-9(10)13(15,16)17)19-12(20)11-3-1-2-6-18-11;/h4-5,7,11,18H,1-3,6H2,(H,19,20);1H/t11-;/m0./s1. The van der Waals surface area contributed by atoms with E-state index in [1.165, 1.54) is 6.07 Å². The summed E-state index contributed by atoms with van der Waals surface area (Å²) in [6.45, 7) is 0.743. The molecule has 0 unspecified atom stereocenters. The molecule has 1 saturated heterocycles. The minimum absolute atomic E-state index is 0. The van der Waals surface area contributed by atoms with Crippen molar-refractivity contribution in [2.24, 2.45) is 0 Å². The lowest BCUT2D eigenvalue weighted by molar-refractivity contribution is -0.137. The number of nitrogens with one attached hydrogen (secondary N) is 2. The molecular weight excluding hydrogens is 328 g/mol. The Balaban J connectivity index is 0.00000220. The predicted octanol–water partition coefficient (Wildman–Crippen LogP) is 3.86. The van der Waals surface area contributed by atoms with E-state index in [0.717, 1.165) is 31.5 Å². The van der Waals surface area contributed by atoms with E-state index in [1.807, 2.05) is 0 Å². The van der Waals surface area contributed by atoms with Gasteiger partial charge in [0.15, 0.2) is 0 Å². The lowest BCUT2D eigenvalue weighted by atomic mass is 10.0. The number of piperidine rings is 1. The third kappa shape index (κ3) is 4.76. The zero-order valence-electron chi connectivity index (χ0n) is 11.0. The molecule has 8 heteroatoms. The highest BCUT2D eigenvalue weighted by Crippen LogP contribution is 2.36. The van der Waals surface area contributed by atoms with Gasteiger partial charge in [0.2, 0.25) is 5.91 Å². The molecule has 2 N–H and O–H groups in total. The summed E-state index contributed by atoms with van der Waals surface area (Å²) < 4.78 is 38.1. The molecule has 0 aromatic heterocycles. The van der Waals surface area contributed by atoms with Crippen LogP contribution in [0.3, 0.4) is 0 Å². The third-order valence-corrected chi connectivity index (χ3v) is 3.50. The molecule has 0 bridgehead atoms. The van der Waals surface area contributed by atoms with Crippen LogP contribution in [0.25, 0.3) is 0 Å². The van der Waals surface area contributed by atoms with Gasteiger partial charge in [0.05, 0.1) is 16.6 Å². The lowest BCUT2D eigenvalue weighted by Crippen LogP contribution is -2.43. The van der Waals surface area contributed by atoms with Gasteiger partial charge in [-0.15, -0.1) is 12.4 Å². The topological polar surface area (TPSA) is 41.1 Å². The van der Waals surface area contributed by atoms with Crippen LogP contribution in [-0.2, 0) is 11.0 Å². The van der Waals surface area contributed by atoms with Crippen LogP contribution in [0, 0.1) is 0 Å². The molecule has 1 fully saturated rings. The summed E-state index contributed by atoms with van der Waals surface area (Å²) in [5.41, 5.74) is -0.854. The van der Waals surface area contributed by atoms with Crippen molar-refractivity contribution in [1.29, 1.82) is 0 Å². The first-order valence-corrected chi connectivity index (χ1v) is 6.67. The van der Waals surface area contributed by atoms with Crippen molar-refractivity contribution in [2.45, 2.75) is 31.5 Å². The second-order valence-corrected chi connectivity index (χ2v) is 5.09. The van der Waals surface area contributed by atoms with E-state index in [4.69, 9.17) is 11.6 Å². The summed E-state index contributed by atoms with van der Waals surface area (Å²) in [5.74, 6) is -0.319. The van der Waals surface area contributed by atoms with Gasteiger partial charge in [-0.2, -0.15) is 13.2 Å². The fourth-order valence-corrected chi connectivity index (χ4v) is 2.35. The number of carbonyl (C=O) groups is 1. The molecule has 1 aliphatic rings. The van der Waals surface area contributed by atoms with Gasteiger partial charge >= 0.3 is 6.18 Å². The SMILES string of the molecule is Cl.O=C(Nc1ccc(Cl)c(C(F)(F)F)c1)[C@@H]1CCCCN1. The monoisotopic (exact) mass is 342 g/mol. The first-order chi connectivity index (χ1) is 9.38. The van der Waals surface area contributed by atoms with Crippen LogP contribution in [0.4, 0.5) is 18.9 Å². The Morgan fingerprint density at radius 3 is 2.62 bits per heavy atom. The maximum absolute atomic E-state index is 12.7. The van der Waals surface area contributed by atoms with Crippen molar-refractivity contribution in [2.75, 3.05) is 11.9 Å². The number of carbonyl (C=O) groups excluding carboxylic acids is 1. The predicted molar refractivity (Wildman–Crippen MR) is 78.0 cm³/mol. The van der Waals surface area contributed by atoms with Crippen LogP contribution in [0.1, 0.15) is 24.8 Å². The van der Waals surface area contributed by atoms with Crippen LogP contribution in [0.2, 0.25) is 5.02 Å². The van der Waals surface area contributed by atoms with Crippen LogP contribution >= 0.6 is 24.0 Å². The summed E-state index contributed by atoms with van der Waals surface area (Å²) in [6.07, 6.45) is -1.92. The van der Waals surface area contributed by atoms with E-state index in [0.29, 0.717) is 6.42 Å². The molecule has 0 radical (unpaired) electrons. The number of rotatable bonds is 2. The van der Waals surface area contributed by atoms with Crippen molar-refractivity contribution in [3.63, 3.8) is 0 Å². The number of alkyl halides is 3. The lowest BCUT2D eigenvalue weighted by Gasteiger charge is -2.22. The van der Waals surface area contributed by atoms with Gasteiger partial charge in [-0.25, -0.2) is 0 Å². The molecule has 1 aromatic carbocycles. The molecule has 0 spiro atoms. The minimum Gasteiger partial charge on any atom is -0.325 e. The van der Waals surface area contributed by atoms with Crippen molar-refractivity contribution in [3.8, 4) is 0 Å². The van der Waals surface area contributed by atoms with Gasteiger partial charge in [0, 0.05) is 5.69 Å². The van der Waals surface area contributed by atoms with Crippen LogP contribution < -0.4 is 10.6 Å². The third-order valence-electron chi connectivity index (χ3n) is 3.17. The van der Waals surface area contributed by atoms with E-state index in [-0.39, 0.29) is 35.1 Å². The van der Waals surface area contributed by atoms with Gasteiger partial charge in [0.25, 0.3) is 0 Å². The minimum atomic E-state index is -4.54. The number of hydrogen-bond donors (Lipinski definition) is 2. The largest absolute Gasteiger partial charge is 0.417 e. The maximum Gasteiger partial charge on any atom is 0.417 e.